The van der Waals surface area contributed by atoms with Gasteiger partial charge in [-0.15, -0.1) is 0 Å². The summed E-state index contributed by atoms with van der Waals surface area (Å²) in [7, 11) is 0. The van der Waals surface area contributed by atoms with E-state index >= 15 is 0 Å². The molecule has 1 aromatic heterocycles. The molecule has 158 valence electrons. The highest BCUT2D eigenvalue weighted by Crippen LogP contribution is 2.37. The summed E-state index contributed by atoms with van der Waals surface area (Å²) in [6.45, 7) is 2.64. The summed E-state index contributed by atoms with van der Waals surface area (Å²) in [5.74, 6) is -0.950. The average molecular weight is 497 g/mol. The summed E-state index contributed by atoms with van der Waals surface area (Å²) in [6.07, 6.45) is 3.31. The van der Waals surface area contributed by atoms with Crippen LogP contribution < -0.4 is 0 Å². The zero-order valence-corrected chi connectivity index (χ0v) is 19.6. The van der Waals surface area contributed by atoms with E-state index in [0.717, 1.165) is 45.8 Å². The third-order valence-electron chi connectivity index (χ3n) is 5.54. The second kappa shape index (κ2) is 9.29. The quantitative estimate of drug-likeness (QED) is 0.283. The maximum Gasteiger partial charge on any atom is 0.353 e. The Bertz CT molecular complexity index is 1230. The van der Waals surface area contributed by atoms with Crippen molar-refractivity contribution in [2.24, 2.45) is 0 Å². The van der Waals surface area contributed by atoms with Gasteiger partial charge in [0.1, 0.15) is 5.69 Å². The minimum Gasteiger partial charge on any atom is -0.477 e. The molecule has 0 aliphatic rings. The monoisotopic (exact) mass is 495 g/mol. The van der Waals surface area contributed by atoms with Crippen molar-refractivity contribution in [2.75, 3.05) is 0 Å². The van der Waals surface area contributed by atoms with E-state index in [1.807, 2.05) is 59.2 Å². The van der Waals surface area contributed by atoms with Gasteiger partial charge in [0.15, 0.2) is 0 Å². The number of carboxylic acids is 1. The Morgan fingerprint density at radius 3 is 2.32 bits per heavy atom. The van der Waals surface area contributed by atoms with Crippen LogP contribution in [0.4, 0.5) is 0 Å². The summed E-state index contributed by atoms with van der Waals surface area (Å²) in [5.41, 5.74) is 5.03. The highest BCUT2D eigenvalue weighted by Gasteiger charge is 2.24. The maximum absolute atomic E-state index is 12.5. The lowest BCUT2D eigenvalue weighted by atomic mass is 9.99. The smallest absolute Gasteiger partial charge is 0.353 e. The third kappa shape index (κ3) is 4.56. The first kappa shape index (κ1) is 21.7. The molecule has 0 atom stereocenters. The van der Waals surface area contributed by atoms with Gasteiger partial charge < -0.3 is 9.67 Å². The molecule has 0 unspecified atom stereocenters. The number of aromatic nitrogens is 1. The van der Waals surface area contributed by atoms with Gasteiger partial charge in [-0.05, 0) is 59.9 Å². The molecule has 0 fully saturated rings. The highest BCUT2D eigenvalue weighted by molar-refractivity contribution is 9.10. The van der Waals surface area contributed by atoms with Crippen molar-refractivity contribution in [1.29, 1.82) is 0 Å². The number of fused-ring (bicyclic) bond motifs is 1. The van der Waals surface area contributed by atoms with Crippen LogP contribution in [0.3, 0.4) is 0 Å². The van der Waals surface area contributed by atoms with Crippen LogP contribution in [0.5, 0.6) is 0 Å². The number of benzene rings is 3. The molecule has 0 amide bonds. The van der Waals surface area contributed by atoms with E-state index in [0.29, 0.717) is 17.1 Å². The van der Waals surface area contributed by atoms with Crippen molar-refractivity contribution in [3.05, 3.63) is 93.0 Å². The minimum atomic E-state index is -0.950. The number of carboxylic acid groups (broad SMARTS) is 1. The Morgan fingerprint density at radius 2 is 1.68 bits per heavy atom. The molecular formula is C26H23BrClNO2. The first-order valence-electron chi connectivity index (χ1n) is 10.4. The number of halogens is 2. The van der Waals surface area contributed by atoms with Crippen molar-refractivity contribution in [2.45, 2.75) is 32.7 Å². The Hall–Kier alpha value is -2.56. The minimum absolute atomic E-state index is 0.279. The van der Waals surface area contributed by atoms with Gasteiger partial charge in [-0.1, -0.05) is 77.3 Å². The molecule has 0 bridgehead atoms. The maximum atomic E-state index is 12.5. The molecule has 3 nitrogen and oxygen atoms in total. The molecule has 1 N–H and O–H groups in total. The molecule has 0 aliphatic carbocycles. The van der Waals surface area contributed by atoms with Gasteiger partial charge in [-0.25, -0.2) is 4.79 Å². The number of aryl methyl sites for hydroxylation is 1. The number of aromatic carboxylic acids is 1. The predicted molar refractivity (Wildman–Crippen MR) is 131 cm³/mol. The molecule has 4 aromatic rings. The third-order valence-corrected chi connectivity index (χ3v) is 6.31. The SMILES string of the molecule is CCCCc1ccc(-c2c(C(=O)O)n(Cc3ccc(Br)cc3)c3ccc(Cl)cc23)cc1. The van der Waals surface area contributed by atoms with E-state index in [1.165, 1.54) is 5.56 Å². The lowest BCUT2D eigenvalue weighted by molar-refractivity contribution is 0.0687. The normalized spacial score (nSPS) is 11.2. The molecule has 5 heteroatoms. The van der Waals surface area contributed by atoms with Gasteiger partial charge in [0.05, 0.1) is 0 Å². The average Bonchev–Trinajstić information content (AvgIpc) is 3.07. The first-order valence-corrected chi connectivity index (χ1v) is 11.5. The molecular weight excluding hydrogens is 474 g/mol. The van der Waals surface area contributed by atoms with E-state index in [-0.39, 0.29) is 5.69 Å². The van der Waals surface area contributed by atoms with Crippen molar-refractivity contribution in [3.63, 3.8) is 0 Å². The fraction of sp³-hybridized carbons (Fsp3) is 0.192. The Morgan fingerprint density at radius 1 is 1.00 bits per heavy atom. The molecule has 4 rings (SSSR count). The van der Waals surface area contributed by atoms with Crippen LogP contribution in [0.25, 0.3) is 22.0 Å². The van der Waals surface area contributed by atoms with Crippen LogP contribution in [0.15, 0.2) is 71.2 Å². The van der Waals surface area contributed by atoms with E-state index < -0.39 is 5.97 Å². The summed E-state index contributed by atoms with van der Waals surface area (Å²) in [6, 6.07) is 21.8. The summed E-state index contributed by atoms with van der Waals surface area (Å²) < 4.78 is 2.86. The van der Waals surface area contributed by atoms with Crippen molar-refractivity contribution in [1.82, 2.24) is 4.57 Å². The fourth-order valence-electron chi connectivity index (χ4n) is 4.00. The molecule has 3 aromatic carbocycles. The topological polar surface area (TPSA) is 42.2 Å². The molecule has 0 radical (unpaired) electrons. The Kier molecular flexibility index (Phi) is 6.49. The Labute approximate surface area is 195 Å². The van der Waals surface area contributed by atoms with E-state index in [1.54, 1.807) is 0 Å². The molecule has 0 spiro atoms. The number of rotatable bonds is 7. The standard InChI is InChI=1S/C26H23BrClNO2/c1-2-3-4-17-5-9-19(10-6-17)24-22-15-21(28)13-14-23(22)29(25(24)26(30)31)16-18-7-11-20(27)12-8-18/h5-15H,2-4,16H2,1H3,(H,30,31). The van der Waals surface area contributed by atoms with Crippen LogP contribution in [-0.4, -0.2) is 15.6 Å². The zero-order chi connectivity index (χ0) is 22.0. The van der Waals surface area contributed by atoms with E-state index in [2.05, 4.69) is 35.0 Å². The van der Waals surface area contributed by atoms with Crippen LogP contribution >= 0.6 is 27.5 Å². The second-order valence-corrected chi connectivity index (χ2v) is 9.06. The van der Waals surface area contributed by atoms with Gasteiger partial charge >= 0.3 is 5.97 Å². The van der Waals surface area contributed by atoms with E-state index in [4.69, 9.17) is 11.6 Å². The van der Waals surface area contributed by atoms with Gasteiger partial charge in [-0.3, -0.25) is 0 Å². The number of unbranched alkanes of at least 4 members (excludes halogenated alkanes) is 1. The first-order chi connectivity index (χ1) is 15.0. The highest BCUT2D eigenvalue weighted by atomic mass is 79.9. The largest absolute Gasteiger partial charge is 0.477 e. The predicted octanol–water partition coefficient (Wildman–Crippen LogP) is 7.81. The van der Waals surface area contributed by atoms with Crippen molar-refractivity contribution >= 4 is 44.4 Å². The molecule has 0 saturated carbocycles. The summed E-state index contributed by atoms with van der Waals surface area (Å²) in [5, 5.41) is 11.6. The van der Waals surface area contributed by atoms with Crippen LogP contribution in [-0.2, 0) is 13.0 Å². The number of hydrogen-bond donors (Lipinski definition) is 1. The number of nitrogens with zero attached hydrogens (tertiary/aromatic N) is 1. The Balaban J connectivity index is 1.89. The van der Waals surface area contributed by atoms with Gasteiger partial charge in [-0.2, -0.15) is 0 Å². The lowest BCUT2D eigenvalue weighted by Crippen LogP contribution is -2.10. The lowest BCUT2D eigenvalue weighted by Gasteiger charge is -2.10. The van der Waals surface area contributed by atoms with Crippen molar-refractivity contribution in [3.8, 4) is 11.1 Å². The van der Waals surface area contributed by atoms with Gasteiger partial charge in [0, 0.05) is 32.5 Å². The molecule has 0 aliphatic heterocycles. The van der Waals surface area contributed by atoms with Crippen molar-refractivity contribution < 1.29 is 9.90 Å². The molecule has 31 heavy (non-hydrogen) atoms. The van der Waals surface area contributed by atoms with Crippen LogP contribution in [0.2, 0.25) is 5.02 Å². The number of hydrogen-bond acceptors (Lipinski definition) is 1. The molecule has 1 heterocycles. The van der Waals surface area contributed by atoms with Gasteiger partial charge in [0.2, 0.25) is 0 Å². The fourth-order valence-corrected chi connectivity index (χ4v) is 4.43. The zero-order valence-electron chi connectivity index (χ0n) is 17.2. The molecule has 0 saturated heterocycles. The van der Waals surface area contributed by atoms with Crippen LogP contribution in [0, 0.1) is 0 Å². The number of carbonyl (C=O) groups is 1. The van der Waals surface area contributed by atoms with Crippen LogP contribution in [0.1, 0.15) is 41.4 Å². The van der Waals surface area contributed by atoms with Gasteiger partial charge in [0.25, 0.3) is 0 Å². The second-order valence-electron chi connectivity index (χ2n) is 7.70. The van der Waals surface area contributed by atoms with E-state index in [9.17, 15) is 9.90 Å². The summed E-state index contributed by atoms with van der Waals surface area (Å²) >= 11 is 9.77. The summed E-state index contributed by atoms with van der Waals surface area (Å²) in [4.78, 5) is 12.5.